The van der Waals surface area contributed by atoms with Gasteiger partial charge >= 0.3 is 0 Å². The highest BCUT2D eigenvalue weighted by atomic mass is 79.9. The van der Waals surface area contributed by atoms with Crippen molar-refractivity contribution in [2.24, 2.45) is 0 Å². The van der Waals surface area contributed by atoms with Gasteiger partial charge in [0.15, 0.2) is 0 Å². The number of halogens is 2. The Hall–Kier alpha value is -0.610. The first kappa shape index (κ1) is 12.4. The third-order valence-corrected chi connectivity index (χ3v) is 1.81. The van der Waals surface area contributed by atoms with Gasteiger partial charge in [-0.2, -0.15) is 0 Å². The van der Waals surface area contributed by atoms with E-state index in [2.05, 4.69) is 15.9 Å². The largest absolute Gasteiger partial charge is 0.307 e. The van der Waals surface area contributed by atoms with Crippen LogP contribution in [0.25, 0.3) is 0 Å². The molecule has 0 saturated heterocycles. The topological polar surface area (TPSA) is 39.1 Å². The Morgan fingerprint density at radius 2 is 2.15 bits per heavy atom. The first-order valence-electron chi connectivity index (χ1n) is 3.45. The van der Waals surface area contributed by atoms with Crippen molar-refractivity contribution in [3.63, 3.8) is 0 Å². The monoisotopic (exact) mass is 265 g/mol. The summed E-state index contributed by atoms with van der Waals surface area (Å²) in [6.07, 6.45) is 1.60. The van der Waals surface area contributed by atoms with E-state index in [1.165, 1.54) is 17.6 Å². The molecule has 0 aliphatic heterocycles. The average Bonchev–Trinajstić information content (AvgIpc) is 1.96. The van der Waals surface area contributed by atoms with Crippen molar-refractivity contribution in [1.29, 1.82) is 0 Å². The number of aromatic nitrogens is 1. The molecule has 0 saturated carbocycles. The molecule has 1 rings (SSSR count). The highest BCUT2D eigenvalue weighted by molar-refractivity contribution is 9.10. The van der Waals surface area contributed by atoms with Gasteiger partial charge in [0.25, 0.3) is 5.56 Å². The molecule has 0 spiro atoms. The standard InChI is InChI=1S/C8H8BrNO2.ClH/c1-6(11)4-10-5-7(9)2-3-8(10)12;/h2-3,5H,4H2,1H3;1H. The van der Waals surface area contributed by atoms with Gasteiger partial charge in [-0.15, -0.1) is 12.4 Å². The molecule has 0 bridgehead atoms. The van der Waals surface area contributed by atoms with Crippen LogP contribution in [0.2, 0.25) is 0 Å². The molecule has 0 fully saturated rings. The van der Waals surface area contributed by atoms with Crippen LogP contribution < -0.4 is 5.56 Å². The van der Waals surface area contributed by atoms with E-state index in [-0.39, 0.29) is 30.3 Å². The lowest BCUT2D eigenvalue weighted by molar-refractivity contribution is -0.117. The summed E-state index contributed by atoms with van der Waals surface area (Å²) in [6.45, 7) is 1.59. The average molecular weight is 267 g/mol. The Labute approximate surface area is 90.3 Å². The normalized spacial score (nSPS) is 9.08. The van der Waals surface area contributed by atoms with Gasteiger partial charge in [0.1, 0.15) is 5.78 Å². The highest BCUT2D eigenvalue weighted by Gasteiger charge is 1.98. The quantitative estimate of drug-likeness (QED) is 0.816. The lowest BCUT2D eigenvalue weighted by atomic mass is 10.4. The number of hydrogen-bond donors (Lipinski definition) is 0. The summed E-state index contributed by atoms with van der Waals surface area (Å²) in [5.41, 5.74) is -0.159. The van der Waals surface area contributed by atoms with Crippen LogP contribution in [-0.2, 0) is 11.3 Å². The summed E-state index contributed by atoms with van der Waals surface area (Å²) in [5.74, 6) is -0.0322. The Kier molecular flexibility index (Phi) is 4.95. The summed E-state index contributed by atoms with van der Waals surface area (Å²) in [7, 11) is 0. The van der Waals surface area contributed by atoms with Crippen LogP contribution in [0.3, 0.4) is 0 Å². The fraction of sp³-hybridized carbons (Fsp3) is 0.250. The van der Waals surface area contributed by atoms with Crippen LogP contribution in [0, 0.1) is 0 Å². The van der Waals surface area contributed by atoms with Crippen LogP contribution in [0.1, 0.15) is 6.92 Å². The molecule has 0 atom stereocenters. The molecule has 13 heavy (non-hydrogen) atoms. The molecule has 0 N–H and O–H groups in total. The van der Waals surface area contributed by atoms with Crippen molar-refractivity contribution >= 4 is 34.1 Å². The first-order valence-corrected chi connectivity index (χ1v) is 4.24. The Morgan fingerprint density at radius 1 is 1.54 bits per heavy atom. The van der Waals surface area contributed by atoms with Gasteiger partial charge in [0.05, 0.1) is 6.54 Å². The number of Topliss-reactive ketones (excluding diaryl/α,β-unsaturated/α-hetero) is 1. The molecule has 0 aromatic carbocycles. The van der Waals surface area contributed by atoms with E-state index in [1.54, 1.807) is 12.3 Å². The van der Waals surface area contributed by atoms with Crippen molar-refractivity contribution in [3.8, 4) is 0 Å². The van der Waals surface area contributed by atoms with Gasteiger partial charge in [-0.05, 0) is 28.9 Å². The molecule has 3 nitrogen and oxygen atoms in total. The smallest absolute Gasteiger partial charge is 0.250 e. The molecule has 1 heterocycles. The number of nitrogens with zero attached hydrogens (tertiary/aromatic N) is 1. The maximum absolute atomic E-state index is 11.1. The first-order chi connectivity index (χ1) is 5.59. The lowest BCUT2D eigenvalue weighted by Gasteiger charge is -2.01. The number of carbonyl (C=O) groups is 1. The molecule has 1 aromatic rings. The second-order valence-electron chi connectivity index (χ2n) is 2.52. The lowest BCUT2D eigenvalue weighted by Crippen LogP contribution is -2.21. The van der Waals surface area contributed by atoms with Crippen molar-refractivity contribution in [1.82, 2.24) is 4.57 Å². The number of rotatable bonds is 2. The van der Waals surface area contributed by atoms with E-state index >= 15 is 0 Å². The maximum atomic E-state index is 11.1. The van der Waals surface area contributed by atoms with E-state index in [0.29, 0.717) is 0 Å². The highest BCUT2D eigenvalue weighted by Crippen LogP contribution is 2.04. The molecule has 0 aliphatic carbocycles. The number of hydrogen-bond acceptors (Lipinski definition) is 2. The molecule has 72 valence electrons. The molecule has 1 aromatic heterocycles. The second kappa shape index (κ2) is 5.19. The Bertz CT molecular complexity index is 361. The van der Waals surface area contributed by atoms with Crippen molar-refractivity contribution in [2.45, 2.75) is 13.5 Å². The van der Waals surface area contributed by atoms with Gasteiger partial charge in [-0.25, -0.2) is 0 Å². The number of carbonyl (C=O) groups excluding carboxylic acids is 1. The molecule has 0 radical (unpaired) electrons. The van der Waals surface area contributed by atoms with E-state index < -0.39 is 0 Å². The minimum absolute atomic E-state index is 0. The summed E-state index contributed by atoms with van der Waals surface area (Å²) >= 11 is 3.22. The molecular formula is C8H9BrClNO2. The van der Waals surface area contributed by atoms with Gasteiger partial charge in [-0.1, -0.05) is 0 Å². The maximum Gasteiger partial charge on any atom is 0.250 e. The zero-order valence-corrected chi connectivity index (χ0v) is 9.39. The van der Waals surface area contributed by atoms with E-state index in [4.69, 9.17) is 0 Å². The fourth-order valence-electron chi connectivity index (χ4n) is 0.866. The fourth-order valence-corrected chi connectivity index (χ4v) is 1.24. The summed E-state index contributed by atoms with van der Waals surface area (Å²) in [4.78, 5) is 21.8. The molecule has 0 unspecified atom stereocenters. The predicted molar refractivity (Wildman–Crippen MR) is 56.3 cm³/mol. The third-order valence-electron chi connectivity index (χ3n) is 1.34. The third kappa shape index (κ3) is 3.74. The van der Waals surface area contributed by atoms with Gasteiger partial charge in [0.2, 0.25) is 0 Å². The Morgan fingerprint density at radius 3 is 2.69 bits per heavy atom. The van der Waals surface area contributed by atoms with Gasteiger partial charge in [-0.3, -0.25) is 9.59 Å². The summed E-state index contributed by atoms with van der Waals surface area (Å²) < 4.78 is 2.16. The van der Waals surface area contributed by atoms with Crippen LogP contribution in [0.15, 0.2) is 27.6 Å². The number of ketones is 1. The van der Waals surface area contributed by atoms with Gasteiger partial charge in [0, 0.05) is 16.7 Å². The zero-order chi connectivity index (χ0) is 9.14. The van der Waals surface area contributed by atoms with E-state index in [0.717, 1.165) is 4.47 Å². The molecule has 0 aliphatic rings. The number of pyridine rings is 1. The predicted octanol–water partition coefficient (Wildman–Crippen LogP) is 1.62. The van der Waals surface area contributed by atoms with Crippen LogP contribution >= 0.6 is 28.3 Å². The van der Waals surface area contributed by atoms with E-state index in [9.17, 15) is 9.59 Å². The molecular weight excluding hydrogens is 257 g/mol. The SMILES string of the molecule is CC(=O)Cn1cc(Br)ccc1=O.Cl. The van der Waals surface area contributed by atoms with E-state index in [1.807, 2.05) is 0 Å². The summed E-state index contributed by atoms with van der Waals surface area (Å²) in [5, 5.41) is 0. The van der Waals surface area contributed by atoms with Crippen LogP contribution in [0.5, 0.6) is 0 Å². The van der Waals surface area contributed by atoms with Gasteiger partial charge < -0.3 is 4.57 Å². The zero-order valence-electron chi connectivity index (χ0n) is 6.99. The Balaban J connectivity index is 0.00000144. The molecule has 5 heteroatoms. The minimum atomic E-state index is -0.159. The van der Waals surface area contributed by atoms with Crippen molar-refractivity contribution in [3.05, 3.63) is 33.2 Å². The van der Waals surface area contributed by atoms with Crippen LogP contribution in [-0.4, -0.2) is 10.4 Å². The second-order valence-corrected chi connectivity index (χ2v) is 3.43. The minimum Gasteiger partial charge on any atom is -0.307 e. The van der Waals surface area contributed by atoms with Crippen LogP contribution in [0.4, 0.5) is 0 Å². The van der Waals surface area contributed by atoms with Crippen molar-refractivity contribution in [2.75, 3.05) is 0 Å². The molecule has 0 amide bonds. The summed E-state index contributed by atoms with van der Waals surface area (Å²) in [6, 6.07) is 3.08. The van der Waals surface area contributed by atoms with Crippen molar-refractivity contribution < 1.29 is 4.79 Å².